The molecule has 0 aliphatic carbocycles. The smallest absolute Gasteiger partial charge is 0.354 e. The van der Waals surface area contributed by atoms with Gasteiger partial charge in [-0.1, -0.05) is 55.4 Å². The highest BCUT2D eigenvalue weighted by Gasteiger charge is 2.72. The van der Waals surface area contributed by atoms with Crippen molar-refractivity contribution in [2.24, 2.45) is 0 Å². The lowest BCUT2D eigenvalue weighted by Gasteiger charge is -2.53. The molecule has 240 valence electrons. The lowest BCUT2D eigenvalue weighted by molar-refractivity contribution is -0.124. The van der Waals surface area contributed by atoms with Gasteiger partial charge in [-0.05, 0) is 42.1 Å². The summed E-state index contributed by atoms with van der Waals surface area (Å²) < 4.78 is 40.9. The molecule has 1 N–H and O–H groups in total. The van der Waals surface area contributed by atoms with Crippen LogP contribution in [0.5, 0.6) is 0 Å². The topological polar surface area (TPSA) is 143 Å². The molecule has 2 saturated heterocycles. The van der Waals surface area contributed by atoms with Crippen molar-refractivity contribution in [3.05, 3.63) is 22.7 Å². The molecule has 2 aliphatic rings. The number of nitrogens with one attached hydrogen (secondary N) is 1. The second-order valence-corrected chi connectivity index (χ2v) is 21.8. The number of nitrogens with zero attached hydrogens (tertiary/aromatic N) is 3. The van der Waals surface area contributed by atoms with Gasteiger partial charge in [0, 0.05) is 25.3 Å². The van der Waals surface area contributed by atoms with E-state index in [4.69, 9.17) is 39.4 Å². The Kier molecular flexibility index (Phi) is 10.7. The number of hydrogen-bond acceptors (Lipinski definition) is 11. The maximum atomic E-state index is 13.4. The van der Waals surface area contributed by atoms with E-state index in [2.05, 4.69) is 71.8 Å². The summed E-state index contributed by atoms with van der Waals surface area (Å²) in [6.45, 7) is 21.7. The van der Waals surface area contributed by atoms with Crippen LogP contribution < -0.4 is 11.0 Å². The van der Waals surface area contributed by atoms with Crippen molar-refractivity contribution in [1.82, 2.24) is 9.55 Å². The average molecular weight is 655 g/mol. The number of carbonyl (C=O) groups excluding carboxylic acids is 1. The van der Waals surface area contributed by atoms with Crippen molar-refractivity contribution in [2.75, 3.05) is 18.5 Å². The molecule has 3 rings (SSSR count). The molecule has 2 unspecified atom stereocenters. The molecule has 0 spiro atoms. The van der Waals surface area contributed by atoms with E-state index in [0.717, 1.165) is 4.57 Å². The van der Waals surface area contributed by atoms with Gasteiger partial charge in [-0.15, -0.1) is 0 Å². The van der Waals surface area contributed by atoms with Crippen LogP contribution in [-0.2, 0) is 32.0 Å². The van der Waals surface area contributed by atoms with Crippen LogP contribution in [0.2, 0.25) is 22.2 Å². The number of hydrogen-bond donors (Lipinski definition) is 1. The van der Waals surface area contributed by atoms with Crippen molar-refractivity contribution in [3.63, 3.8) is 0 Å². The second-order valence-electron chi connectivity index (χ2n) is 12.6. The van der Waals surface area contributed by atoms with E-state index in [1.807, 2.05) is 0 Å². The second kappa shape index (κ2) is 13.0. The fraction of sp³-hybridized carbons (Fsp3) is 0.750. The zero-order chi connectivity index (χ0) is 32.5. The zero-order valence-electron chi connectivity index (χ0n) is 27.0. The first-order chi connectivity index (χ1) is 19.9. The van der Waals surface area contributed by atoms with E-state index in [1.54, 1.807) is 13.8 Å². The Morgan fingerprint density at radius 3 is 2.23 bits per heavy atom. The number of rotatable bonds is 8. The summed E-state index contributed by atoms with van der Waals surface area (Å²) in [5.74, 6) is -0.331. The Bertz CT molecular complexity index is 1290. The first-order valence-corrected chi connectivity index (χ1v) is 19.1. The van der Waals surface area contributed by atoms with Crippen LogP contribution >= 0.6 is 12.2 Å². The van der Waals surface area contributed by atoms with Gasteiger partial charge in [-0.3, -0.25) is 9.36 Å². The van der Waals surface area contributed by atoms with Gasteiger partial charge < -0.3 is 32.5 Å². The third kappa shape index (κ3) is 6.33. The maximum Gasteiger partial charge on any atom is 0.354 e. The molecule has 2 aliphatic heterocycles. The Morgan fingerprint density at radius 2 is 1.77 bits per heavy atom. The first kappa shape index (κ1) is 35.3. The molecule has 1 amide bonds. The Hall–Kier alpha value is -2.20. The van der Waals surface area contributed by atoms with Crippen LogP contribution in [0.25, 0.3) is 0 Å². The lowest BCUT2D eigenvalue weighted by atomic mass is 9.88. The number of thiocarbonyl (C=S) groups is 1. The third-order valence-corrected chi connectivity index (χ3v) is 18.6. The quantitative estimate of drug-likeness (QED) is 0.297. The summed E-state index contributed by atoms with van der Waals surface area (Å²) >= 11 is 5.39. The van der Waals surface area contributed by atoms with Crippen molar-refractivity contribution in [1.29, 1.82) is 5.26 Å². The minimum Gasteiger partial charge on any atom is -0.457 e. The number of fused-ring (bicyclic) bond motifs is 1. The molecule has 2 fully saturated rings. The molecule has 1 aromatic rings. The van der Waals surface area contributed by atoms with Gasteiger partial charge >= 0.3 is 28.0 Å². The van der Waals surface area contributed by atoms with Gasteiger partial charge in [0.2, 0.25) is 5.91 Å². The summed E-state index contributed by atoms with van der Waals surface area (Å²) in [7, 11) is -6.23. The molecule has 0 radical (unpaired) electrons. The number of nitriles is 1. The van der Waals surface area contributed by atoms with Crippen molar-refractivity contribution >= 4 is 46.3 Å². The maximum absolute atomic E-state index is 13.4. The Labute approximate surface area is 261 Å². The minimum absolute atomic E-state index is 0.0117. The molecule has 12 nitrogen and oxygen atoms in total. The lowest BCUT2D eigenvalue weighted by Crippen LogP contribution is -2.69. The predicted octanol–water partition coefficient (Wildman–Crippen LogP) is 5.05. The van der Waals surface area contributed by atoms with Gasteiger partial charge in [0.25, 0.3) is 5.60 Å². The number of aromatic nitrogens is 2. The molecule has 0 saturated carbocycles. The fourth-order valence-electron chi connectivity index (χ4n) is 6.09. The highest BCUT2D eigenvalue weighted by atomic mass is 32.1. The van der Waals surface area contributed by atoms with Crippen molar-refractivity contribution in [2.45, 2.75) is 122 Å². The largest absolute Gasteiger partial charge is 0.457 e. The van der Waals surface area contributed by atoms with Crippen LogP contribution in [0, 0.1) is 11.3 Å². The van der Waals surface area contributed by atoms with Crippen LogP contribution in [0.4, 0.5) is 5.82 Å². The Balaban J connectivity index is 2.33. The first-order valence-electron chi connectivity index (χ1n) is 14.8. The van der Waals surface area contributed by atoms with Gasteiger partial charge in [-0.2, -0.15) is 10.2 Å². The monoisotopic (exact) mass is 654 g/mol. The van der Waals surface area contributed by atoms with Crippen LogP contribution in [0.1, 0.15) is 82.4 Å². The SMILES string of the molecule is CCOC(=S)OC1(C#N)[C@@H]2O[Si](C(C)C)(C(C)C)O[Si](C(C)C)(C(C)C)OCC2(C)O[C@H]1n1ccc(NC(C)=O)nc1=O. The normalized spacial score (nSPS) is 28.2. The summed E-state index contributed by atoms with van der Waals surface area (Å²) in [4.78, 5) is 29.0. The highest BCUT2D eigenvalue weighted by molar-refractivity contribution is 7.79. The molecule has 4 atom stereocenters. The number of carbonyl (C=O) groups is 1. The molecule has 0 bridgehead atoms. The fourth-order valence-corrected chi connectivity index (χ4v) is 17.7. The number of ether oxygens (including phenoxy) is 3. The van der Waals surface area contributed by atoms with E-state index < -0.39 is 46.3 Å². The highest BCUT2D eigenvalue weighted by Crippen LogP contribution is 2.54. The van der Waals surface area contributed by atoms with Gasteiger partial charge in [-0.25, -0.2) is 4.79 Å². The molecule has 0 aromatic carbocycles. The van der Waals surface area contributed by atoms with E-state index in [-0.39, 0.29) is 52.3 Å². The Morgan fingerprint density at radius 1 is 1.19 bits per heavy atom. The van der Waals surface area contributed by atoms with Gasteiger partial charge in [0.15, 0.2) is 6.23 Å². The predicted molar refractivity (Wildman–Crippen MR) is 169 cm³/mol. The van der Waals surface area contributed by atoms with E-state index in [9.17, 15) is 14.9 Å². The zero-order valence-corrected chi connectivity index (χ0v) is 29.9. The van der Waals surface area contributed by atoms with Crippen LogP contribution in [0.15, 0.2) is 17.1 Å². The van der Waals surface area contributed by atoms with E-state index in [0.29, 0.717) is 0 Å². The van der Waals surface area contributed by atoms with Gasteiger partial charge in [0.1, 0.15) is 23.6 Å². The average Bonchev–Trinajstić information content (AvgIpc) is 3.11. The van der Waals surface area contributed by atoms with Crippen LogP contribution in [-0.4, -0.2) is 68.3 Å². The van der Waals surface area contributed by atoms with Crippen molar-refractivity contribution in [3.8, 4) is 6.07 Å². The van der Waals surface area contributed by atoms with Crippen molar-refractivity contribution < 1.29 is 32.0 Å². The van der Waals surface area contributed by atoms with E-state index >= 15 is 0 Å². The molecule has 15 heteroatoms. The summed E-state index contributed by atoms with van der Waals surface area (Å²) in [5, 5.41) is 13.2. The number of amides is 1. The number of anilines is 1. The molecular formula is C28H46N4O8SSi2. The standard InChI is InChI=1S/C28H46N4O8SSi2/c1-12-35-26(41)38-28(15-29)23-27(11,37-24(28)32-14-13-22(30-21(10)33)31-25(32)34)16-36-42(17(2)3,18(4)5)40-43(39-23,19(6)7)20(8)9/h13-14,17-20,23-24H,12,16H2,1-11H3,(H,30,31,33,34)/t23-,24-,27?,28?/m1/s1. The summed E-state index contributed by atoms with van der Waals surface area (Å²) in [5.41, 5.74) is -4.03. The third-order valence-electron chi connectivity index (χ3n) is 8.19. The van der Waals surface area contributed by atoms with Gasteiger partial charge in [0.05, 0.1) is 13.2 Å². The summed E-state index contributed by atoms with van der Waals surface area (Å²) in [6.07, 6.45) is -1.10. The minimum atomic E-state index is -3.27. The molecule has 43 heavy (non-hydrogen) atoms. The van der Waals surface area contributed by atoms with Crippen LogP contribution in [0.3, 0.4) is 0 Å². The molecule has 3 heterocycles. The molecular weight excluding hydrogens is 609 g/mol. The summed E-state index contributed by atoms with van der Waals surface area (Å²) in [6, 6.07) is 3.71. The van der Waals surface area contributed by atoms with E-state index in [1.165, 1.54) is 19.2 Å². The molecule has 1 aromatic heterocycles.